The van der Waals surface area contributed by atoms with Gasteiger partial charge in [0, 0.05) is 31.6 Å². The second-order valence-corrected chi connectivity index (χ2v) is 9.24. The summed E-state index contributed by atoms with van der Waals surface area (Å²) in [6, 6.07) is 24.9. The molecule has 0 fully saturated rings. The van der Waals surface area contributed by atoms with E-state index in [2.05, 4.69) is 11.9 Å². The second kappa shape index (κ2) is 13.6. The Morgan fingerprint density at radius 3 is 2.54 bits per heavy atom. The van der Waals surface area contributed by atoms with Crippen molar-refractivity contribution < 1.29 is 24.1 Å². The predicted molar refractivity (Wildman–Crippen MR) is 152 cm³/mol. The highest BCUT2D eigenvalue weighted by molar-refractivity contribution is 6.01. The van der Waals surface area contributed by atoms with Crippen LogP contribution in [0.4, 0.5) is 0 Å². The molecule has 0 aromatic heterocycles. The highest BCUT2D eigenvalue weighted by Crippen LogP contribution is 2.42. The first-order chi connectivity index (χ1) is 19.1. The molecule has 0 radical (unpaired) electrons. The maximum Gasteiger partial charge on any atom is 0.252 e. The lowest BCUT2D eigenvalue weighted by atomic mass is 9.84. The Bertz CT molecular complexity index is 1260. The maximum atomic E-state index is 13.9. The van der Waals surface area contributed by atoms with Crippen LogP contribution < -0.4 is 14.8 Å². The fourth-order valence-electron chi connectivity index (χ4n) is 4.63. The summed E-state index contributed by atoms with van der Waals surface area (Å²) in [4.78, 5) is 18.8. The molecule has 2 atom stereocenters. The van der Waals surface area contributed by atoms with Crippen molar-refractivity contribution in [3.8, 4) is 11.5 Å². The van der Waals surface area contributed by atoms with Crippen molar-refractivity contribution >= 4 is 11.8 Å². The van der Waals surface area contributed by atoms with E-state index in [9.17, 15) is 4.79 Å². The van der Waals surface area contributed by atoms with Gasteiger partial charge in [0.1, 0.15) is 11.5 Å². The lowest BCUT2D eigenvalue weighted by molar-refractivity contribution is -0.128. The molecule has 0 unspecified atom stereocenters. The summed E-state index contributed by atoms with van der Waals surface area (Å²) >= 11 is 0. The number of hydrogen-bond donors (Lipinski definition) is 2. The Hall–Kier alpha value is -4.10. The van der Waals surface area contributed by atoms with Crippen LogP contribution in [-0.2, 0) is 16.0 Å². The standard InChI is InChI=1S/C32H36N2O5/c1-3-20-32(31(36)33-21-19-24-11-8-9-14-28(24)37-4-2)29(25-12-6-5-7-13-25)39-30(34-32)26-15-17-27(18-16-26)38-23-10-22-35/h3,5-9,11-18,29,35H,1,4,10,19-23H2,2H3,(H,33,36)/t29-,32-/m1/s1. The maximum absolute atomic E-state index is 13.9. The molecule has 4 rings (SSSR count). The highest BCUT2D eigenvalue weighted by atomic mass is 16.5. The van der Waals surface area contributed by atoms with Crippen molar-refractivity contribution in [1.82, 2.24) is 5.32 Å². The number of nitrogens with one attached hydrogen (secondary N) is 1. The highest BCUT2D eigenvalue weighted by Gasteiger charge is 2.52. The molecule has 2 N–H and O–H groups in total. The summed E-state index contributed by atoms with van der Waals surface area (Å²) in [7, 11) is 0. The summed E-state index contributed by atoms with van der Waals surface area (Å²) in [6.07, 6.45) is 2.58. The van der Waals surface area contributed by atoms with Crippen LogP contribution in [0.2, 0.25) is 0 Å². The molecule has 0 bridgehead atoms. The van der Waals surface area contributed by atoms with Gasteiger partial charge in [0.2, 0.25) is 5.90 Å². The van der Waals surface area contributed by atoms with Crippen molar-refractivity contribution in [2.45, 2.75) is 37.8 Å². The van der Waals surface area contributed by atoms with E-state index in [0.717, 1.165) is 22.4 Å². The molecule has 0 spiro atoms. The van der Waals surface area contributed by atoms with Crippen LogP contribution in [0.5, 0.6) is 11.5 Å². The molecular formula is C32H36N2O5. The number of rotatable bonds is 14. The Morgan fingerprint density at radius 1 is 1.08 bits per heavy atom. The number of benzene rings is 3. The largest absolute Gasteiger partial charge is 0.494 e. The molecule has 3 aromatic rings. The third-order valence-corrected chi connectivity index (χ3v) is 6.54. The van der Waals surface area contributed by atoms with Crippen LogP contribution in [0, 0.1) is 0 Å². The molecule has 0 saturated carbocycles. The van der Waals surface area contributed by atoms with Gasteiger partial charge in [-0.1, -0.05) is 54.6 Å². The zero-order valence-electron chi connectivity index (χ0n) is 22.3. The summed E-state index contributed by atoms with van der Waals surface area (Å²) < 4.78 is 17.8. The van der Waals surface area contributed by atoms with Crippen LogP contribution in [0.25, 0.3) is 0 Å². The van der Waals surface area contributed by atoms with Crippen molar-refractivity contribution in [3.05, 3.63) is 108 Å². The van der Waals surface area contributed by atoms with Crippen LogP contribution in [0.15, 0.2) is 96.5 Å². The van der Waals surface area contributed by atoms with Crippen molar-refractivity contribution in [1.29, 1.82) is 0 Å². The third kappa shape index (κ3) is 6.67. The Labute approximate surface area is 230 Å². The van der Waals surface area contributed by atoms with Gasteiger partial charge in [-0.15, -0.1) is 6.58 Å². The number of ether oxygens (including phenoxy) is 3. The molecule has 0 aliphatic carbocycles. The number of carbonyl (C=O) groups is 1. The van der Waals surface area contributed by atoms with Crippen LogP contribution >= 0.6 is 0 Å². The zero-order valence-corrected chi connectivity index (χ0v) is 22.3. The van der Waals surface area contributed by atoms with Crippen molar-refractivity contribution in [2.24, 2.45) is 4.99 Å². The molecule has 3 aromatic carbocycles. The number of hydrogen-bond acceptors (Lipinski definition) is 6. The fraction of sp³-hybridized carbons (Fsp3) is 0.312. The number of carbonyl (C=O) groups excluding carboxylic acids is 1. The molecule has 1 amide bonds. The van der Waals surface area contributed by atoms with Crippen LogP contribution in [0.3, 0.4) is 0 Å². The van der Waals surface area contributed by atoms with E-state index in [0.29, 0.717) is 50.7 Å². The minimum atomic E-state index is -1.21. The minimum Gasteiger partial charge on any atom is -0.494 e. The quantitative estimate of drug-likeness (QED) is 0.226. The van der Waals surface area contributed by atoms with E-state index >= 15 is 0 Å². The van der Waals surface area contributed by atoms with Gasteiger partial charge in [0.25, 0.3) is 5.91 Å². The number of aliphatic hydroxyl groups is 1. The molecule has 39 heavy (non-hydrogen) atoms. The number of aliphatic hydroxyl groups excluding tert-OH is 1. The molecule has 1 aliphatic heterocycles. The van der Waals surface area contributed by atoms with E-state index in [1.807, 2.05) is 85.8 Å². The topological polar surface area (TPSA) is 89.4 Å². The molecular weight excluding hydrogens is 492 g/mol. The molecule has 204 valence electrons. The molecule has 7 heteroatoms. The monoisotopic (exact) mass is 528 g/mol. The minimum absolute atomic E-state index is 0.0794. The van der Waals surface area contributed by atoms with E-state index in [1.165, 1.54) is 0 Å². The van der Waals surface area contributed by atoms with Gasteiger partial charge in [-0.2, -0.15) is 0 Å². The average molecular weight is 529 g/mol. The molecule has 1 heterocycles. The fourth-order valence-corrected chi connectivity index (χ4v) is 4.63. The first kappa shape index (κ1) is 27.9. The normalized spacial score (nSPS) is 18.1. The van der Waals surface area contributed by atoms with E-state index < -0.39 is 11.6 Å². The third-order valence-electron chi connectivity index (χ3n) is 6.54. The summed E-state index contributed by atoms with van der Waals surface area (Å²) in [5.41, 5.74) is 1.42. The Kier molecular flexibility index (Phi) is 9.75. The summed E-state index contributed by atoms with van der Waals surface area (Å²) in [5.74, 6) is 1.69. The Balaban J connectivity index is 1.59. The van der Waals surface area contributed by atoms with E-state index in [1.54, 1.807) is 6.08 Å². The van der Waals surface area contributed by atoms with Crippen molar-refractivity contribution in [2.75, 3.05) is 26.4 Å². The zero-order chi connectivity index (χ0) is 27.5. The number of amides is 1. The lowest BCUT2D eigenvalue weighted by Crippen LogP contribution is -2.48. The molecule has 7 nitrogen and oxygen atoms in total. The number of para-hydroxylation sites is 1. The van der Waals surface area contributed by atoms with Gasteiger partial charge in [-0.05, 0) is 54.8 Å². The van der Waals surface area contributed by atoms with Gasteiger partial charge < -0.3 is 24.6 Å². The summed E-state index contributed by atoms with van der Waals surface area (Å²) in [5, 5.41) is 12.1. The molecule has 1 aliphatic rings. The molecule has 0 saturated heterocycles. The first-order valence-electron chi connectivity index (χ1n) is 13.4. The summed E-state index contributed by atoms with van der Waals surface area (Å²) in [6.45, 7) is 7.40. The van der Waals surface area contributed by atoms with E-state index in [-0.39, 0.29) is 12.5 Å². The van der Waals surface area contributed by atoms with Crippen LogP contribution in [0.1, 0.15) is 42.6 Å². The van der Waals surface area contributed by atoms with Crippen LogP contribution in [-0.4, -0.2) is 48.8 Å². The lowest BCUT2D eigenvalue weighted by Gasteiger charge is -2.29. The second-order valence-electron chi connectivity index (χ2n) is 9.24. The van der Waals surface area contributed by atoms with Gasteiger partial charge in [0.15, 0.2) is 11.6 Å². The Morgan fingerprint density at radius 2 is 1.82 bits per heavy atom. The SMILES string of the molecule is C=CC[C@@]1(C(=O)NCCc2ccccc2OCC)N=C(c2ccc(OCCCO)cc2)O[C@@H]1c1ccccc1. The van der Waals surface area contributed by atoms with Gasteiger partial charge in [-0.25, -0.2) is 4.99 Å². The predicted octanol–water partition coefficient (Wildman–Crippen LogP) is 5.04. The average Bonchev–Trinajstić information content (AvgIpc) is 3.36. The van der Waals surface area contributed by atoms with Gasteiger partial charge in [-0.3, -0.25) is 4.79 Å². The van der Waals surface area contributed by atoms with E-state index in [4.69, 9.17) is 24.3 Å². The van der Waals surface area contributed by atoms with Gasteiger partial charge in [0.05, 0.1) is 13.2 Å². The number of aliphatic imine (C=N–C) groups is 1. The van der Waals surface area contributed by atoms with Gasteiger partial charge >= 0.3 is 0 Å². The van der Waals surface area contributed by atoms with Crippen molar-refractivity contribution in [3.63, 3.8) is 0 Å². The smallest absolute Gasteiger partial charge is 0.252 e. The number of nitrogens with zero attached hydrogens (tertiary/aromatic N) is 1. The first-order valence-corrected chi connectivity index (χ1v) is 13.4.